The fraction of sp³-hybridized carbons (Fsp3) is 0.472. The number of para-hydroxylation sites is 1. The second-order valence-electron chi connectivity index (χ2n) is 20.0. The Morgan fingerprint density at radius 3 is 1.93 bits per heavy atom. The summed E-state index contributed by atoms with van der Waals surface area (Å²) in [7, 11) is 0. The second-order valence-corrected chi connectivity index (χ2v) is 21.3. The number of H-pyrrole nitrogens is 1. The number of primary amides is 3. The third kappa shape index (κ3) is 20.2. The number of thiol groups is 2. The molecule has 2 heterocycles. The molecule has 0 saturated heterocycles. The molecule has 0 unspecified atom stereocenters. The monoisotopic (exact) mass is 1160 g/mol. The lowest BCUT2D eigenvalue weighted by molar-refractivity contribution is -0.141. The van der Waals surface area contributed by atoms with E-state index in [1.807, 2.05) is 24.3 Å². The average Bonchev–Trinajstić information content (AvgIpc) is 4.15. The van der Waals surface area contributed by atoms with Crippen LogP contribution < -0.4 is 65.9 Å². The Balaban J connectivity index is 1.34. The fourth-order valence-electron chi connectivity index (χ4n) is 9.46. The smallest absolute Gasteiger partial charge is 0.247 e. The number of amides is 11. The highest BCUT2D eigenvalue weighted by molar-refractivity contribution is 7.81. The number of nitrogens with one attached hydrogen (secondary N) is 8. The number of fused-ring (bicyclic) bond motifs is 1. The van der Waals surface area contributed by atoms with Gasteiger partial charge in [0.05, 0.1) is 13.0 Å². The van der Waals surface area contributed by atoms with Gasteiger partial charge in [0.1, 0.15) is 42.3 Å². The van der Waals surface area contributed by atoms with Crippen molar-refractivity contribution in [1.82, 2.24) is 47.1 Å². The van der Waals surface area contributed by atoms with Crippen LogP contribution in [-0.4, -0.2) is 153 Å². The molecule has 26 nitrogen and oxygen atoms in total. The SMILES string of the molecule is NC(=O)CC[C@H](NC(=O)[C@H](Cc1ccccc1)NC(=O)[C@H](Cc1c[nH]c2ccccc12)NC(=O)CC1(S)CCCCC1)C(=O)N[C@@H](CC(N)=O)C(=O)N[C@@H](CS)C(=O)N1CC=C[C@H]1C(=O)N[C@@H](CCCN=C(N)N)C(=O)NCC(N)=O. The molecule has 1 aromatic heterocycles. The van der Waals surface area contributed by atoms with Crippen LogP contribution in [0.25, 0.3) is 10.9 Å². The lowest BCUT2D eigenvalue weighted by Crippen LogP contribution is -2.61. The zero-order chi connectivity index (χ0) is 59.2. The molecule has 2 aliphatic rings. The number of carbonyl (C=O) groups is 11. The van der Waals surface area contributed by atoms with Gasteiger partial charge in [-0.1, -0.05) is 79.9 Å². The summed E-state index contributed by atoms with van der Waals surface area (Å²) in [5, 5.41) is 18.8. The first-order valence-corrected chi connectivity index (χ1v) is 27.5. The Bertz CT molecular complexity index is 2820. The molecule has 3 aromatic rings. The number of hydrogen-bond donors (Lipinski definition) is 15. The predicted octanol–water partition coefficient (Wildman–Crippen LogP) is -2.62. The van der Waals surface area contributed by atoms with Crippen LogP contribution in [0.5, 0.6) is 0 Å². The van der Waals surface area contributed by atoms with Gasteiger partial charge in [0.15, 0.2) is 5.96 Å². The van der Waals surface area contributed by atoms with Crippen molar-refractivity contribution < 1.29 is 52.7 Å². The molecule has 28 heteroatoms. The molecule has 18 N–H and O–H groups in total. The number of aromatic amines is 1. The number of aliphatic imine (C=N–C) groups is 1. The van der Waals surface area contributed by atoms with Gasteiger partial charge >= 0.3 is 0 Å². The van der Waals surface area contributed by atoms with Gasteiger partial charge in [-0.25, -0.2) is 0 Å². The number of rotatable bonds is 31. The molecular formula is C53H73N15O11S2. The molecule has 7 atom stereocenters. The van der Waals surface area contributed by atoms with Gasteiger partial charge in [-0.05, 0) is 49.3 Å². The standard InChI is InChI=1S/C53H73N15O11S2/c54-41(69)18-17-35(46(74)66-38(25-42(55)70)49(77)67-39(29-80)51(79)68-22-10-16-40(68)50(78)64-34(15-9-21-59-52(57)58)45(73)61-28-43(56)71)63-47(75)36(23-30-11-3-1-4-12-30)65-48(76)37(24-31-27-60-33-14-6-5-13-32(31)33)62-44(72)26-53(81)19-7-2-8-20-53/h1,3-6,10-14,16,27,34-40,60,80-81H,2,7-9,15,17-26,28-29H2,(H2,54,69)(H2,55,70)(H2,56,71)(H,61,73)(H,62,72)(H,63,75)(H,64,78)(H,65,76)(H,66,74)(H,67,77)(H4,57,58,59)/t34-,35-,36-,37-,38-,39-,40-/m0/s1. The summed E-state index contributed by atoms with van der Waals surface area (Å²) < 4.78 is -0.569. The van der Waals surface area contributed by atoms with Crippen LogP contribution in [0.1, 0.15) is 81.8 Å². The Labute approximate surface area is 478 Å². The summed E-state index contributed by atoms with van der Waals surface area (Å²) >= 11 is 9.13. The van der Waals surface area contributed by atoms with E-state index in [-0.39, 0.29) is 56.9 Å². The number of aromatic nitrogens is 1. The summed E-state index contributed by atoms with van der Waals surface area (Å²) in [6.07, 6.45) is 7.32. The third-order valence-corrected chi connectivity index (χ3v) is 14.6. The largest absolute Gasteiger partial charge is 0.370 e. The second kappa shape index (κ2) is 31.0. The predicted molar refractivity (Wildman–Crippen MR) is 306 cm³/mol. The van der Waals surface area contributed by atoms with Crippen molar-refractivity contribution >= 4 is 107 Å². The van der Waals surface area contributed by atoms with Crippen molar-refractivity contribution in [2.75, 3.05) is 25.4 Å². The highest BCUT2D eigenvalue weighted by Crippen LogP contribution is 2.36. The van der Waals surface area contributed by atoms with Crippen LogP contribution in [0, 0.1) is 0 Å². The van der Waals surface area contributed by atoms with E-state index in [1.165, 1.54) is 12.2 Å². The quantitative estimate of drug-likeness (QED) is 0.0103. The topological polar surface area (TPSA) is 433 Å². The van der Waals surface area contributed by atoms with Gasteiger partial charge < -0.3 is 75.8 Å². The summed E-state index contributed by atoms with van der Waals surface area (Å²) in [5.41, 5.74) is 29.1. The van der Waals surface area contributed by atoms with E-state index in [2.05, 4.69) is 59.8 Å². The van der Waals surface area contributed by atoms with Gasteiger partial charge in [0.25, 0.3) is 0 Å². The summed E-state index contributed by atoms with van der Waals surface area (Å²) in [6, 6.07) is 5.92. The van der Waals surface area contributed by atoms with Gasteiger partial charge in [-0.15, -0.1) is 0 Å². The van der Waals surface area contributed by atoms with Crippen LogP contribution in [0.15, 0.2) is 77.9 Å². The van der Waals surface area contributed by atoms with Crippen LogP contribution in [0.4, 0.5) is 0 Å². The fourth-order valence-corrected chi connectivity index (χ4v) is 10.2. The molecule has 5 rings (SSSR count). The highest BCUT2D eigenvalue weighted by Gasteiger charge is 2.39. The molecule has 0 bridgehead atoms. The number of benzene rings is 2. The average molecular weight is 1160 g/mol. The Hall–Kier alpha value is -8.14. The molecule has 0 spiro atoms. The van der Waals surface area contributed by atoms with Crippen LogP contribution in [-0.2, 0) is 65.6 Å². The Morgan fingerprint density at radius 2 is 1.27 bits per heavy atom. The third-order valence-electron chi connectivity index (χ3n) is 13.6. The molecule has 1 aliphatic heterocycles. The first-order chi connectivity index (χ1) is 38.6. The molecule has 11 amide bonds. The summed E-state index contributed by atoms with van der Waals surface area (Å²) in [4.78, 5) is 156. The van der Waals surface area contributed by atoms with Crippen molar-refractivity contribution in [1.29, 1.82) is 0 Å². The molecule has 1 fully saturated rings. The van der Waals surface area contributed by atoms with Crippen molar-refractivity contribution in [2.24, 2.45) is 33.7 Å². The van der Waals surface area contributed by atoms with Crippen molar-refractivity contribution in [2.45, 2.75) is 131 Å². The maximum absolute atomic E-state index is 14.6. The van der Waals surface area contributed by atoms with E-state index < -0.39 is 138 Å². The van der Waals surface area contributed by atoms with Gasteiger partial charge in [-0.2, -0.15) is 25.3 Å². The Morgan fingerprint density at radius 1 is 0.667 bits per heavy atom. The molecule has 2 aromatic carbocycles. The summed E-state index contributed by atoms with van der Waals surface area (Å²) in [6.45, 7) is -0.565. The molecule has 1 aliphatic carbocycles. The number of carbonyl (C=O) groups excluding carboxylic acids is 11. The normalized spacial score (nSPS) is 16.7. The van der Waals surface area contributed by atoms with Crippen molar-refractivity contribution in [3.8, 4) is 0 Å². The van der Waals surface area contributed by atoms with Gasteiger partial charge in [-0.3, -0.25) is 57.7 Å². The van der Waals surface area contributed by atoms with Crippen LogP contribution in [0.2, 0.25) is 0 Å². The number of hydrogen-bond acceptors (Lipinski definition) is 14. The van der Waals surface area contributed by atoms with Crippen LogP contribution in [0.3, 0.4) is 0 Å². The highest BCUT2D eigenvalue weighted by atomic mass is 32.1. The minimum absolute atomic E-state index is 0.00373. The maximum atomic E-state index is 14.6. The molecule has 81 heavy (non-hydrogen) atoms. The van der Waals surface area contributed by atoms with E-state index in [1.54, 1.807) is 36.5 Å². The first-order valence-electron chi connectivity index (χ1n) is 26.4. The van der Waals surface area contributed by atoms with E-state index in [0.29, 0.717) is 11.1 Å². The van der Waals surface area contributed by atoms with Gasteiger partial charge in [0.2, 0.25) is 65.0 Å². The van der Waals surface area contributed by atoms with Crippen molar-refractivity contribution in [3.05, 3.63) is 84.1 Å². The molecule has 438 valence electrons. The zero-order valence-electron chi connectivity index (χ0n) is 44.7. The maximum Gasteiger partial charge on any atom is 0.247 e. The van der Waals surface area contributed by atoms with Crippen molar-refractivity contribution in [3.63, 3.8) is 0 Å². The van der Waals surface area contributed by atoms with E-state index in [9.17, 15) is 52.7 Å². The van der Waals surface area contributed by atoms with Gasteiger partial charge in [0, 0.05) is 66.4 Å². The summed E-state index contributed by atoms with van der Waals surface area (Å²) in [5.74, 6) is -10.0. The first kappa shape index (κ1) is 63.7. The number of guanidine groups is 1. The van der Waals surface area contributed by atoms with E-state index >= 15 is 0 Å². The van der Waals surface area contributed by atoms with Crippen LogP contribution >= 0.6 is 25.3 Å². The number of nitrogens with two attached hydrogens (primary N) is 5. The minimum Gasteiger partial charge on any atom is -0.370 e. The lowest BCUT2D eigenvalue weighted by Gasteiger charge is -2.32. The zero-order valence-corrected chi connectivity index (χ0v) is 46.4. The van der Waals surface area contributed by atoms with E-state index in [0.717, 1.165) is 47.9 Å². The molecular weight excluding hydrogens is 1090 g/mol. The molecule has 1 saturated carbocycles. The van der Waals surface area contributed by atoms with E-state index in [4.69, 9.17) is 41.3 Å². The number of nitrogens with zero attached hydrogens (tertiary/aromatic N) is 2. The Kier molecular flexibility index (Phi) is 24.4. The lowest BCUT2D eigenvalue weighted by atomic mass is 9.85. The molecule has 0 radical (unpaired) electrons. The minimum atomic E-state index is -1.80.